The fourth-order valence-corrected chi connectivity index (χ4v) is 2.29. The van der Waals surface area contributed by atoms with Gasteiger partial charge in [0.15, 0.2) is 5.75 Å². The summed E-state index contributed by atoms with van der Waals surface area (Å²) in [7, 11) is 0. The zero-order valence-corrected chi connectivity index (χ0v) is 12.7. The monoisotopic (exact) mass is 314 g/mol. The molecule has 0 aliphatic carbocycles. The molecule has 0 saturated carbocycles. The molecule has 1 rings (SSSR count). The van der Waals surface area contributed by atoms with Crippen LogP contribution in [0.1, 0.15) is 31.3 Å². The highest BCUT2D eigenvalue weighted by Gasteiger charge is 2.23. The maximum atomic E-state index is 11.8. The molecule has 1 heterocycles. The van der Waals surface area contributed by atoms with Gasteiger partial charge in [0.1, 0.15) is 6.04 Å². The first-order chi connectivity index (χ1) is 10.4. The Bertz CT molecular complexity index is 583. The second-order valence-corrected chi connectivity index (χ2v) is 4.93. The van der Waals surface area contributed by atoms with Crippen molar-refractivity contribution in [1.29, 1.82) is 0 Å². The molecule has 0 aliphatic heterocycles. The van der Waals surface area contributed by atoms with Gasteiger partial charge in [-0.25, -0.2) is 4.79 Å². The molecule has 0 amide bonds. The van der Waals surface area contributed by atoms with E-state index in [1.807, 2.05) is 6.92 Å². The van der Waals surface area contributed by atoms with Gasteiger partial charge in [-0.2, -0.15) is 0 Å². The number of aromatic nitrogens is 1. The highest BCUT2D eigenvalue weighted by atomic mass is 16.4. The highest BCUT2D eigenvalue weighted by molar-refractivity contribution is 5.71. The van der Waals surface area contributed by atoms with Crippen LogP contribution < -0.4 is 5.43 Å². The third-order valence-electron chi connectivity index (χ3n) is 3.55. The number of aliphatic hydroxyl groups excluding tert-OH is 2. The van der Waals surface area contributed by atoms with Crippen LogP contribution in [0.4, 0.5) is 0 Å². The molecule has 22 heavy (non-hydrogen) atoms. The molecule has 1 unspecified atom stereocenters. The average Bonchev–Trinajstić information content (AvgIpc) is 2.49. The summed E-state index contributed by atoms with van der Waals surface area (Å²) in [6.07, 6.45) is 0. The number of aliphatic carboxylic acids is 1. The zero-order valence-electron chi connectivity index (χ0n) is 12.7. The molecule has 8 nitrogen and oxygen atoms in total. The van der Waals surface area contributed by atoms with Gasteiger partial charge in [-0.3, -0.25) is 9.69 Å². The highest BCUT2D eigenvalue weighted by Crippen LogP contribution is 2.22. The number of rotatable bonds is 8. The molecule has 8 heteroatoms. The van der Waals surface area contributed by atoms with Crippen molar-refractivity contribution in [3.8, 4) is 5.75 Å². The van der Waals surface area contributed by atoms with Crippen LogP contribution in [0.3, 0.4) is 0 Å². The van der Waals surface area contributed by atoms with Gasteiger partial charge in [-0.05, 0) is 13.5 Å². The van der Waals surface area contributed by atoms with Gasteiger partial charge in [0.05, 0.1) is 18.9 Å². The van der Waals surface area contributed by atoms with Gasteiger partial charge in [-0.15, -0.1) is 0 Å². The number of hydrogen-bond acceptors (Lipinski definition) is 6. The first kappa shape index (κ1) is 18.1. The maximum Gasteiger partial charge on any atom is 0.326 e. The van der Waals surface area contributed by atoms with Gasteiger partial charge in [0, 0.05) is 24.8 Å². The fourth-order valence-electron chi connectivity index (χ4n) is 2.29. The molecule has 124 valence electrons. The Labute approximate surface area is 127 Å². The third-order valence-corrected chi connectivity index (χ3v) is 3.55. The number of carboxylic acids is 1. The van der Waals surface area contributed by atoms with Crippen LogP contribution in [0, 0.1) is 0 Å². The molecule has 0 saturated heterocycles. The van der Waals surface area contributed by atoms with Gasteiger partial charge < -0.3 is 25.0 Å². The summed E-state index contributed by atoms with van der Waals surface area (Å²) in [5, 5.41) is 37.7. The van der Waals surface area contributed by atoms with Crippen molar-refractivity contribution in [2.75, 3.05) is 19.7 Å². The van der Waals surface area contributed by atoms with Crippen LogP contribution in [0.25, 0.3) is 0 Å². The molecule has 0 aliphatic rings. The lowest BCUT2D eigenvalue weighted by atomic mass is 10.2. The van der Waals surface area contributed by atoms with Gasteiger partial charge in [0.25, 0.3) is 0 Å². The lowest BCUT2D eigenvalue weighted by Gasteiger charge is -2.26. The summed E-state index contributed by atoms with van der Waals surface area (Å²) in [6.45, 7) is 3.56. The van der Waals surface area contributed by atoms with E-state index in [4.69, 9.17) is 5.11 Å². The van der Waals surface area contributed by atoms with Crippen molar-refractivity contribution in [3.63, 3.8) is 0 Å². The lowest BCUT2D eigenvalue weighted by Crippen LogP contribution is -2.32. The lowest BCUT2D eigenvalue weighted by molar-refractivity contribution is -0.140. The zero-order chi connectivity index (χ0) is 16.9. The van der Waals surface area contributed by atoms with Crippen LogP contribution in [0.2, 0.25) is 0 Å². The summed E-state index contributed by atoms with van der Waals surface area (Å²) in [6, 6.07) is -0.0304. The number of aromatic hydroxyl groups is 1. The van der Waals surface area contributed by atoms with Crippen molar-refractivity contribution in [3.05, 3.63) is 27.7 Å². The van der Waals surface area contributed by atoms with Gasteiger partial charge >= 0.3 is 5.97 Å². The quantitative estimate of drug-likeness (QED) is 0.510. The Balaban J connectivity index is 3.47. The number of nitrogens with zero attached hydrogens (tertiary/aromatic N) is 2. The van der Waals surface area contributed by atoms with E-state index in [9.17, 15) is 24.9 Å². The van der Waals surface area contributed by atoms with Crippen LogP contribution in [0.15, 0.2) is 10.9 Å². The standard InChI is InChI=1S/C14H22N2O6/c1-3-15(4-5-17)7-11-13(20)12(19)6-10(8-18)16(11)9(2)14(21)22/h6,9,17-18,20H,3-5,7-8H2,1-2H3,(H,21,22). The number of carboxylic acid groups (broad SMARTS) is 1. The fraction of sp³-hybridized carbons (Fsp3) is 0.571. The second-order valence-electron chi connectivity index (χ2n) is 4.93. The Kier molecular flexibility index (Phi) is 6.54. The molecule has 4 N–H and O–H groups in total. The van der Waals surface area contributed by atoms with Crippen LogP contribution in [-0.4, -0.2) is 55.6 Å². The smallest absolute Gasteiger partial charge is 0.326 e. The van der Waals surface area contributed by atoms with Crippen LogP contribution in [-0.2, 0) is 17.9 Å². The number of carbonyl (C=O) groups is 1. The van der Waals surface area contributed by atoms with E-state index in [0.717, 1.165) is 6.07 Å². The van der Waals surface area contributed by atoms with Gasteiger partial charge in [0.2, 0.25) is 5.43 Å². The van der Waals surface area contributed by atoms with Crippen LogP contribution >= 0.6 is 0 Å². The summed E-state index contributed by atoms with van der Waals surface area (Å²) < 4.78 is 1.25. The predicted molar refractivity (Wildman–Crippen MR) is 78.7 cm³/mol. The Hall–Kier alpha value is -1.90. The molecule has 0 aromatic carbocycles. The normalized spacial score (nSPS) is 12.6. The molecule has 0 radical (unpaired) electrons. The number of pyridine rings is 1. The number of aliphatic hydroxyl groups is 2. The topological polar surface area (TPSA) is 123 Å². The molecule has 1 aromatic rings. The van der Waals surface area contributed by atoms with Crippen LogP contribution in [0.5, 0.6) is 5.75 Å². The van der Waals surface area contributed by atoms with E-state index in [1.165, 1.54) is 11.5 Å². The molecule has 1 atom stereocenters. The van der Waals surface area contributed by atoms with Crippen molar-refractivity contribution in [2.24, 2.45) is 0 Å². The molecule has 0 bridgehead atoms. The van der Waals surface area contributed by atoms with E-state index >= 15 is 0 Å². The molecular formula is C14H22N2O6. The second kappa shape index (κ2) is 7.92. The van der Waals surface area contributed by atoms with E-state index in [-0.39, 0.29) is 24.5 Å². The third kappa shape index (κ3) is 3.85. The Morgan fingerprint density at radius 1 is 1.41 bits per heavy atom. The minimum Gasteiger partial charge on any atom is -0.503 e. The first-order valence-electron chi connectivity index (χ1n) is 7.00. The van der Waals surface area contributed by atoms with Crippen molar-refractivity contribution in [1.82, 2.24) is 9.47 Å². The Morgan fingerprint density at radius 2 is 2.05 bits per heavy atom. The van der Waals surface area contributed by atoms with Crippen molar-refractivity contribution in [2.45, 2.75) is 33.0 Å². The molecular weight excluding hydrogens is 292 g/mol. The number of hydrogen-bond donors (Lipinski definition) is 4. The average molecular weight is 314 g/mol. The summed E-state index contributed by atoms with van der Waals surface area (Å²) in [5.41, 5.74) is -0.442. The summed E-state index contributed by atoms with van der Waals surface area (Å²) >= 11 is 0. The maximum absolute atomic E-state index is 11.8. The van der Waals surface area contributed by atoms with E-state index in [1.54, 1.807) is 4.90 Å². The SMILES string of the molecule is CCN(CCO)Cc1c(O)c(=O)cc(CO)n1C(C)C(=O)O. The molecule has 1 aromatic heterocycles. The minimum atomic E-state index is -1.15. The first-order valence-corrected chi connectivity index (χ1v) is 7.00. The molecule has 0 fully saturated rings. The van der Waals surface area contributed by atoms with Gasteiger partial charge in [-0.1, -0.05) is 6.92 Å². The van der Waals surface area contributed by atoms with E-state index < -0.39 is 29.8 Å². The number of likely N-dealkylation sites (N-methyl/N-ethyl adjacent to an activating group) is 1. The predicted octanol–water partition coefficient (Wildman–Crippen LogP) is -0.494. The minimum absolute atomic E-state index is 0.0869. The molecule has 0 spiro atoms. The van der Waals surface area contributed by atoms with E-state index in [0.29, 0.717) is 13.1 Å². The van der Waals surface area contributed by atoms with Crippen molar-refractivity contribution >= 4 is 5.97 Å². The van der Waals surface area contributed by atoms with E-state index in [2.05, 4.69) is 0 Å². The largest absolute Gasteiger partial charge is 0.503 e. The Morgan fingerprint density at radius 3 is 2.50 bits per heavy atom. The van der Waals surface area contributed by atoms with Crippen molar-refractivity contribution < 1.29 is 25.2 Å². The summed E-state index contributed by atoms with van der Waals surface area (Å²) in [5.74, 6) is -1.69. The summed E-state index contributed by atoms with van der Waals surface area (Å²) in [4.78, 5) is 24.8.